The van der Waals surface area contributed by atoms with Gasteiger partial charge in [0.05, 0.1) is 0 Å². The number of fused-ring (bicyclic) bond motifs is 3. The van der Waals surface area contributed by atoms with Gasteiger partial charge in [-0.25, -0.2) is 0 Å². The van der Waals surface area contributed by atoms with Crippen molar-refractivity contribution in [2.75, 3.05) is 7.11 Å². The predicted molar refractivity (Wildman–Crippen MR) is 100 cm³/mol. The minimum Gasteiger partial charge on any atom is -0.362 e. The van der Waals surface area contributed by atoms with Gasteiger partial charge in [-0.1, -0.05) is 18.2 Å². The van der Waals surface area contributed by atoms with Crippen molar-refractivity contribution in [3.05, 3.63) is 69.3 Å². The zero-order valence-corrected chi connectivity index (χ0v) is 15.4. The molecular weight excluding hydrogens is 340 g/mol. The number of ketones is 2. The Morgan fingerprint density at radius 3 is 2.48 bits per heavy atom. The SMILES string of the molecule is CO[C@@H](O)C(=O)c1ccc2c(c1)C[C@@]1(C2)Cc2cc3c(cc2C1=O)CCC3. The molecule has 0 radical (unpaired) electrons. The molecule has 2 aromatic carbocycles. The minimum absolute atomic E-state index is 0.258. The molecule has 0 fully saturated rings. The smallest absolute Gasteiger partial charge is 0.219 e. The lowest BCUT2D eigenvalue weighted by Crippen LogP contribution is -2.28. The molecule has 138 valence electrons. The van der Waals surface area contributed by atoms with E-state index in [1.165, 1.54) is 30.2 Å². The van der Waals surface area contributed by atoms with Crippen LogP contribution in [0.5, 0.6) is 0 Å². The maximum atomic E-state index is 13.3. The quantitative estimate of drug-likeness (QED) is 0.674. The molecule has 0 aromatic heterocycles. The van der Waals surface area contributed by atoms with Crippen molar-refractivity contribution in [2.45, 2.75) is 44.8 Å². The number of Topliss-reactive ketones (excluding diaryl/α,β-unsaturated/α-hetero) is 2. The van der Waals surface area contributed by atoms with Gasteiger partial charge in [0.2, 0.25) is 12.1 Å². The van der Waals surface area contributed by atoms with Gasteiger partial charge in [-0.05, 0) is 78.5 Å². The summed E-state index contributed by atoms with van der Waals surface area (Å²) in [4.78, 5) is 25.5. The van der Waals surface area contributed by atoms with Gasteiger partial charge >= 0.3 is 0 Å². The van der Waals surface area contributed by atoms with E-state index >= 15 is 0 Å². The third-order valence-corrected chi connectivity index (χ3v) is 6.57. The highest BCUT2D eigenvalue weighted by atomic mass is 16.6. The molecule has 3 aliphatic rings. The first kappa shape index (κ1) is 16.8. The summed E-state index contributed by atoms with van der Waals surface area (Å²) in [6, 6.07) is 9.88. The second kappa shape index (κ2) is 5.85. The summed E-state index contributed by atoms with van der Waals surface area (Å²) in [5.41, 5.74) is 7.06. The third-order valence-electron chi connectivity index (χ3n) is 6.57. The van der Waals surface area contributed by atoms with Crippen LogP contribution in [0, 0.1) is 5.41 Å². The lowest BCUT2D eigenvalue weighted by molar-refractivity contribution is -0.0483. The third kappa shape index (κ3) is 2.43. The lowest BCUT2D eigenvalue weighted by atomic mass is 9.81. The largest absolute Gasteiger partial charge is 0.362 e. The first-order chi connectivity index (χ1) is 13.0. The molecule has 0 heterocycles. The van der Waals surface area contributed by atoms with E-state index in [0.29, 0.717) is 12.0 Å². The van der Waals surface area contributed by atoms with Gasteiger partial charge < -0.3 is 9.84 Å². The van der Waals surface area contributed by atoms with E-state index in [4.69, 9.17) is 4.74 Å². The van der Waals surface area contributed by atoms with Crippen LogP contribution in [0.4, 0.5) is 0 Å². The molecule has 5 rings (SSSR count). The summed E-state index contributed by atoms with van der Waals surface area (Å²) in [5, 5.41) is 9.65. The molecule has 1 N–H and O–H groups in total. The van der Waals surface area contributed by atoms with Gasteiger partial charge in [-0.15, -0.1) is 0 Å². The van der Waals surface area contributed by atoms with Gasteiger partial charge in [0, 0.05) is 23.7 Å². The molecule has 0 bridgehead atoms. The van der Waals surface area contributed by atoms with Gasteiger partial charge in [0.25, 0.3) is 0 Å². The fraction of sp³-hybridized carbons (Fsp3) is 0.391. The summed E-state index contributed by atoms with van der Waals surface area (Å²) in [5.74, 6) is -0.188. The van der Waals surface area contributed by atoms with Gasteiger partial charge in [0.1, 0.15) is 0 Å². The Kier molecular flexibility index (Phi) is 3.65. The summed E-state index contributed by atoms with van der Waals surface area (Å²) in [7, 11) is 1.30. The Morgan fingerprint density at radius 2 is 1.70 bits per heavy atom. The van der Waals surface area contributed by atoms with Crippen LogP contribution < -0.4 is 0 Å². The van der Waals surface area contributed by atoms with Crippen LogP contribution in [0.1, 0.15) is 55.0 Å². The fourth-order valence-corrected chi connectivity index (χ4v) is 5.21. The fourth-order valence-electron chi connectivity index (χ4n) is 5.21. The van der Waals surface area contributed by atoms with E-state index < -0.39 is 17.5 Å². The highest BCUT2D eigenvalue weighted by Gasteiger charge is 2.49. The number of benzene rings is 2. The number of aryl methyl sites for hydroxylation is 2. The summed E-state index contributed by atoms with van der Waals surface area (Å²) in [6.07, 6.45) is 4.11. The van der Waals surface area contributed by atoms with Crippen LogP contribution in [0.25, 0.3) is 0 Å². The highest BCUT2D eigenvalue weighted by Crippen LogP contribution is 2.48. The summed E-state index contributed by atoms with van der Waals surface area (Å²) >= 11 is 0. The number of methoxy groups -OCH3 is 1. The first-order valence-electron chi connectivity index (χ1n) is 9.57. The number of aliphatic hydroxyl groups excluding tert-OH is 1. The molecule has 0 saturated carbocycles. The Labute approximate surface area is 158 Å². The molecule has 0 unspecified atom stereocenters. The van der Waals surface area contributed by atoms with Gasteiger partial charge in [0.15, 0.2) is 5.78 Å². The Hall–Kier alpha value is -2.30. The first-order valence-corrected chi connectivity index (χ1v) is 9.57. The molecule has 2 aromatic rings. The number of rotatable bonds is 3. The van der Waals surface area contributed by atoms with Crippen LogP contribution in [0.2, 0.25) is 0 Å². The van der Waals surface area contributed by atoms with E-state index in [-0.39, 0.29) is 5.78 Å². The van der Waals surface area contributed by atoms with Crippen molar-refractivity contribution in [2.24, 2.45) is 5.41 Å². The Bertz CT molecular complexity index is 990. The Balaban J connectivity index is 1.47. The monoisotopic (exact) mass is 362 g/mol. The number of ether oxygens (including phenoxy) is 1. The summed E-state index contributed by atoms with van der Waals surface area (Å²) < 4.78 is 4.73. The van der Waals surface area contributed by atoms with Crippen molar-refractivity contribution < 1.29 is 19.4 Å². The van der Waals surface area contributed by atoms with Crippen LogP contribution in [-0.4, -0.2) is 30.1 Å². The van der Waals surface area contributed by atoms with Crippen LogP contribution in [0.15, 0.2) is 30.3 Å². The van der Waals surface area contributed by atoms with Gasteiger partial charge in [-0.2, -0.15) is 0 Å². The van der Waals surface area contributed by atoms with Crippen molar-refractivity contribution in [1.29, 1.82) is 0 Å². The second-order valence-electron chi connectivity index (χ2n) is 8.21. The maximum Gasteiger partial charge on any atom is 0.219 e. The molecule has 4 heteroatoms. The van der Waals surface area contributed by atoms with Crippen molar-refractivity contribution >= 4 is 11.6 Å². The average Bonchev–Trinajstić information content (AvgIpc) is 3.34. The topological polar surface area (TPSA) is 63.6 Å². The molecular formula is C23H22O4. The van der Waals surface area contributed by atoms with Crippen molar-refractivity contribution in [3.63, 3.8) is 0 Å². The maximum absolute atomic E-state index is 13.3. The molecule has 2 atom stereocenters. The molecule has 0 aliphatic heterocycles. The van der Waals surface area contributed by atoms with E-state index in [2.05, 4.69) is 12.1 Å². The second-order valence-corrected chi connectivity index (χ2v) is 8.21. The zero-order chi connectivity index (χ0) is 18.8. The Morgan fingerprint density at radius 1 is 1.00 bits per heavy atom. The molecule has 0 amide bonds. The van der Waals surface area contributed by atoms with Crippen LogP contribution in [0.3, 0.4) is 0 Å². The molecule has 0 saturated heterocycles. The van der Waals surface area contributed by atoms with E-state index in [0.717, 1.165) is 42.4 Å². The molecule has 27 heavy (non-hydrogen) atoms. The van der Waals surface area contributed by atoms with Crippen LogP contribution >= 0.6 is 0 Å². The standard InChI is InChI=1S/C23H22O4/c1-27-22(26)20(24)15-5-6-16-10-23(11-17(16)8-15)12-18-7-13-3-2-4-14(13)9-19(18)21(23)25/h5-9,22,26H,2-4,10-12H2,1H3/t22-,23+/m1/s1. The zero-order valence-electron chi connectivity index (χ0n) is 15.4. The molecule has 3 aliphatic carbocycles. The lowest BCUT2D eigenvalue weighted by Gasteiger charge is -2.20. The molecule has 1 spiro atoms. The number of hydrogen-bond donors (Lipinski definition) is 1. The molecule has 4 nitrogen and oxygen atoms in total. The summed E-state index contributed by atoms with van der Waals surface area (Å²) in [6.45, 7) is 0. The average molecular weight is 362 g/mol. The number of carbonyl (C=O) groups excluding carboxylic acids is 2. The number of carbonyl (C=O) groups is 2. The van der Waals surface area contributed by atoms with E-state index in [9.17, 15) is 14.7 Å². The van der Waals surface area contributed by atoms with E-state index in [1.807, 2.05) is 12.1 Å². The number of hydrogen-bond acceptors (Lipinski definition) is 4. The van der Waals surface area contributed by atoms with E-state index in [1.54, 1.807) is 6.07 Å². The predicted octanol–water partition coefficient (Wildman–Crippen LogP) is 2.85. The van der Waals surface area contributed by atoms with Crippen LogP contribution in [-0.2, 0) is 36.8 Å². The van der Waals surface area contributed by atoms with Gasteiger partial charge in [-0.3, -0.25) is 9.59 Å². The normalized spacial score (nSPS) is 23.4. The van der Waals surface area contributed by atoms with Crippen molar-refractivity contribution in [1.82, 2.24) is 0 Å². The highest BCUT2D eigenvalue weighted by molar-refractivity contribution is 6.06. The minimum atomic E-state index is -1.45. The van der Waals surface area contributed by atoms with Crippen molar-refractivity contribution in [3.8, 4) is 0 Å². The number of aliphatic hydroxyl groups is 1.